The number of carbonyl (C=O) groups is 1. The summed E-state index contributed by atoms with van der Waals surface area (Å²) in [6, 6.07) is 3.70. The van der Waals surface area contributed by atoms with E-state index in [9.17, 15) is 4.79 Å². The summed E-state index contributed by atoms with van der Waals surface area (Å²) in [5, 5.41) is 0. The van der Waals surface area contributed by atoms with E-state index in [1.54, 1.807) is 26.2 Å². The Hall–Kier alpha value is -1.57. The van der Waals surface area contributed by atoms with Gasteiger partial charge >= 0.3 is 5.97 Å². The number of hydrogen-bond donors (Lipinski definition) is 0. The lowest BCUT2D eigenvalue weighted by Gasteiger charge is -2.12. The summed E-state index contributed by atoms with van der Waals surface area (Å²) in [7, 11) is 1.58. The molecule has 0 saturated carbocycles. The first-order valence-electron chi connectivity index (χ1n) is 6.04. The van der Waals surface area contributed by atoms with Gasteiger partial charge in [-0.2, -0.15) is 0 Å². The molecule has 20 heavy (non-hydrogen) atoms. The molecule has 1 aliphatic heterocycles. The molecule has 1 aliphatic rings. The molecular formula is C14H14INO4. The summed E-state index contributed by atoms with van der Waals surface area (Å²) < 4.78 is 16.7. The van der Waals surface area contributed by atoms with Gasteiger partial charge in [0.15, 0.2) is 23.1 Å². The molecule has 1 aromatic rings. The highest BCUT2D eigenvalue weighted by Gasteiger charge is 2.20. The number of nitrogens with zero attached hydrogens (tertiary/aromatic N) is 1. The average molecular weight is 387 g/mol. The third-order valence-corrected chi connectivity index (χ3v) is 3.37. The molecule has 0 N–H and O–H groups in total. The van der Waals surface area contributed by atoms with Gasteiger partial charge in [0.1, 0.15) is 0 Å². The van der Waals surface area contributed by atoms with Gasteiger partial charge in [0.2, 0.25) is 0 Å². The zero-order valence-electron chi connectivity index (χ0n) is 11.4. The Bertz CT molecular complexity index is 607. The molecule has 0 amide bonds. The van der Waals surface area contributed by atoms with Gasteiger partial charge in [-0.05, 0) is 53.3 Å². The van der Waals surface area contributed by atoms with Crippen molar-refractivity contribution in [3.8, 4) is 11.5 Å². The minimum Gasteiger partial charge on any atom is -0.493 e. The fourth-order valence-electron chi connectivity index (χ4n) is 1.78. The van der Waals surface area contributed by atoms with Gasteiger partial charge in [-0.3, -0.25) is 0 Å². The van der Waals surface area contributed by atoms with Crippen molar-refractivity contribution in [1.82, 2.24) is 0 Å². The van der Waals surface area contributed by atoms with Crippen molar-refractivity contribution < 1.29 is 19.0 Å². The minimum atomic E-state index is -0.439. The van der Waals surface area contributed by atoms with Crippen LogP contribution in [0.1, 0.15) is 19.4 Å². The van der Waals surface area contributed by atoms with Crippen LogP contribution >= 0.6 is 22.6 Å². The van der Waals surface area contributed by atoms with Crippen LogP contribution in [0.5, 0.6) is 11.5 Å². The highest BCUT2D eigenvalue weighted by molar-refractivity contribution is 14.1. The molecule has 1 heterocycles. The van der Waals surface area contributed by atoms with E-state index in [0.717, 1.165) is 9.13 Å². The Balaban J connectivity index is 2.42. The third-order valence-electron chi connectivity index (χ3n) is 2.57. The summed E-state index contributed by atoms with van der Waals surface area (Å²) in [5.74, 6) is 1.24. The predicted molar refractivity (Wildman–Crippen MR) is 84.1 cm³/mol. The van der Waals surface area contributed by atoms with Gasteiger partial charge in [0.25, 0.3) is 0 Å². The van der Waals surface area contributed by atoms with Gasteiger partial charge in [0.05, 0.1) is 17.3 Å². The topological polar surface area (TPSA) is 57.1 Å². The van der Waals surface area contributed by atoms with Gasteiger partial charge in [-0.1, -0.05) is 0 Å². The number of halogens is 1. The van der Waals surface area contributed by atoms with Gasteiger partial charge in [0, 0.05) is 6.92 Å². The van der Waals surface area contributed by atoms with E-state index in [1.165, 1.54) is 0 Å². The Kier molecular flexibility index (Phi) is 4.64. The highest BCUT2D eigenvalue weighted by atomic mass is 127. The molecule has 2 rings (SSSR count). The van der Waals surface area contributed by atoms with Crippen LogP contribution in [-0.2, 0) is 9.53 Å². The summed E-state index contributed by atoms with van der Waals surface area (Å²) in [4.78, 5) is 15.6. The second-order valence-corrected chi connectivity index (χ2v) is 5.18. The SMILES string of the molecule is CCOc1c(I)cc(/C=C2\N=C(C)OC2=O)cc1OC. The molecule has 6 heteroatoms. The fraction of sp³-hybridized carbons (Fsp3) is 0.286. The first-order valence-corrected chi connectivity index (χ1v) is 7.12. The molecule has 0 radical (unpaired) electrons. The number of aliphatic imine (C=N–C) groups is 1. The summed E-state index contributed by atoms with van der Waals surface area (Å²) >= 11 is 2.17. The maximum atomic E-state index is 11.5. The number of methoxy groups -OCH3 is 1. The number of carbonyl (C=O) groups excluding carboxylic acids is 1. The molecule has 0 atom stereocenters. The van der Waals surface area contributed by atoms with E-state index in [1.807, 2.05) is 13.0 Å². The van der Waals surface area contributed by atoms with E-state index < -0.39 is 5.97 Å². The molecule has 0 aliphatic carbocycles. The molecule has 0 fully saturated rings. The van der Waals surface area contributed by atoms with Crippen molar-refractivity contribution >= 4 is 40.5 Å². The fourth-order valence-corrected chi connectivity index (χ4v) is 2.56. The van der Waals surface area contributed by atoms with Crippen molar-refractivity contribution in [3.63, 3.8) is 0 Å². The Morgan fingerprint density at radius 1 is 1.45 bits per heavy atom. The molecule has 0 aromatic heterocycles. The second kappa shape index (κ2) is 6.25. The van der Waals surface area contributed by atoms with Crippen LogP contribution < -0.4 is 9.47 Å². The van der Waals surface area contributed by atoms with E-state index in [2.05, 4.69) is 27.6 Å². The first kappa shape index (κ1) is 14.8. The molecule has 0 unspecified atom stereocenters. The monoisotopic (exact) mass is 387 g/mol. The predicted octanol–water partition coefficient (Wildman–Crippen LogP) is 3.01. The largest absolute Gasteiger partial charge is 0.493 e. The van der Waals surface area contributed by atoms with Crippen molar-refractivity contribution in [2.24, 2.45) is 4.99 Å². The van der Waals surface area contributed by atoms with Crippen LogP contribution in [0.2, 0.25) is 0 Å². The number of cyclic esters (lactones) is 1. The van der Waals surface area contributed by atoms with E-state index in [4.69, 9.17) is 14.2 Å². The van der Waals surface area contributed by atoms with E-state index >= 15 is 0 Å². The van der Waals surface area contributed by atoms with Crippen molar-refractivity contribution in [2.45, 2.75) is 13.8 Å². The lowest BCUT2D eigenvalue weighted by Crippen LogP contribution is -2.00. The zero-order chi connectivity index (χ0) is 14.7. The number of hydrogen-bond acceptors (Lipinski definition) is 5. The molecule has 0 saturated heterocycles. The van der Waals surface area contributed by atoms with Crippen molar-refractivity contribution in [1.29, 1.82) is 0 Å². The first-order chi connectivity index (χ1) is 9.55. The normalized spacial score (nSPS) is 16.1. The molecule has 0 bridgehead atoms. The maximum Gasteiger partial charge on any atom is 0.363 e. The Morgan fingerprint density at radius 3 is 2.75 bits per heavy atom. The van der Waals surface area contributed by atoms with Crippen LogP contribution in [0.15, 0.2) is 22.8 Å². The van der Waals surface area contributed by atoms with Gasteiger partial charge < -0.3 is 14.2 Å². The Morgan fingerprint density at radius 2 is 2.20 bits per heavy atom. The van der Waals surface area contributed by atoms with E-state index in [-0.39, 0.29) is 5.70 Å². The second-order valence-electron chi connectivity index (χ2n) is 4.02. The van der Waals surface area contributed by atoms with Crippen LogP contribution in [0, 0.1) is 3.57 Å². The average Bonchev–Trinajstić information content (AvgIpc) is 2.70. The van der Waals surface area contributed by atoms with Crippen LogP contribution in [0.25, 0.3) is 6.08 Å². The smallest absolute Gasteiger partial charge is 0.363 e. The number of esters is 1. The lowest BCUT2D eigenvalue weighted by molar-refractivity contribution is -0.130. The zero-order valence-corrected chi connectivity index (χ0v) is 13.6. The summed E-state index contributed by atoms with van der Waals surface area (Å²) in [6.45, 7) is 4.11. The third kappa shape index (κ3) is 3.12. The Labute approximate surface area is 130 Å². The van der Waals surface area contributed by atoms with Crippen molar-refractivity contribution in [3.05, 3.63) is 27.0 Å². The number of ether oxygens (including phenoxy) is 3. The molecular weight excluding hydrogens is 373 g/mol. The van der Waals surface area contributed by atoms with Crippen LogP contribution in [0.4, 0.5) is 0 Å². The molecule has 106 valence electrons. The molecule has 0 spiro atoms. The minimum absolute atomic E-state index is 0.282. The quantitative estimate of drug-likeness (QED) is 0.453. The molecule has 1 aromatic carbocycles. The van der Waals surface area contributed by atoms with Gasteiger partial charge in [-0.25, -0.2) is 9.79 Å². The van der Waals surface area contributed by atoms with Crippen molar-refractivity contribution in [2.75, 3.05) is 13.7 Å². The number of rotatable bonds is 4. The van der Waals surface area contributed by atoms with Crippen LogP contribution in [-0.4, -0.2) is 25.6 Å². The summed E-state index contributed by atoms with van der Waals surface area (Å²) in [6.07, 6.45) is 1.67. The summed E-state index contributed by atoms with van der Waals surface area (Å²) in [5.41, 5.74) is 1.09. The lowest BCUT2D eigenvalue weighted by atomic mass is 10.1. The standard InChI is InChI=1S/C14H14INO4/c1-4-19-13-10(15)5-9(7-12(13)18-3)6-11-14(17)20-8(2)16-11/h5-7H,4H2,1-3H3/b11-6-. The van der Waals surface area contributed by atoms with Crippen LogP contribution in [0.3, 0.4) is 0 Å². The number of benzene rings is 1. The maximum absolute atomic E-state index is 11.5. The molecule has 5 nitrogen and oxygen atoms in total. The van der Waals surface area contributed by atoms with Gasteiger partial charge in [-0.15, -0.1) is 0 Å². The highest BCUT2D eigenvalue weighted by Crippen LogP contribution is 2.34. The van der Waals surface area contributed by atoms with E-state index in [0.29, 0.717) is 24.0 Å².